The Balaban J connectivity index is 1.39. The lowest BCUT2D eigenvalue weighted by atomic mass is 10.00. The lowest BCUT2D eigenvalue weighted by Crippen LogP contribution is -2.42. The first-order valence-corrected chi connectivity index (χ1v) is 13.8. The molecular formula is C31H37N7O2. The van der Waals surface area contributed by atoms with Crippen molar-refractivity contribution in [2.45, 2.75) is 39.3 Å². The molecule has 4 aromatic rings. The minimum Gasteiger partial charge on any atom is -0.485 e. The maximum Gasteiger partial charge on any atom is 0.257 e. The molecule has 2 aromatic carbocycles. The van der Waals surface area contributed by atoms with Gasteiger partial charge in [0.05, 0.1) is 22.6 Å². The molecule has 0 radical (unpaired) electrons. The summed E-state index contributed by atoms with van der Waals surface area (Å²) in [5, 5.41) is 6.56. The number of aliphatic imine (C=N–C) groups is 1. The average Bonchev–Trinajstić information content (AvgIpc) is 3.34. The number of carbonyl (C=O) groups is 1. The number of nitrogens with two attached hydrogens (primary N) is 1. The number of imidazole rings is 1. The van der Waals surface area contributed by atoms with Gasteiger partial charge in [0.15, 0.2) is 11.4 Å². The van der Waals surface area contributed by atoms with Gasteiger partial charge in [0.2, 0.25) is 0 Å². The molecule has 0 aliphatic carbocycles. The van der Waals surface area contributed by atoms with Gasteiger partial charge in [-0.2, -0.15) is 0 Å². The third-order valence-electron chi connectivity index (χ3n) is 7.23. The number of aryl methyl sites for hydroxylation is 1. The quantitative estimate of drug-likeness (QED) is 0.210. The topological polar surface area (TPSA) is 109 Å². The zero-order chi connectivity index (χ0) is 28.1. The summed E-state index contributed by atoms with van der Waals surface area (Å²) in [6.07, 6.45) is 7.59. The second-order valence-corrected chi connectivity index (χ2v) is 10.1. The Morgan fingerprint density at radius 2 is 1.95 bits per heavy atom. The van der Waals surface area contributed by atoms with E-state index in [1.54, 1.807) is 25.4 Å². The van der Waals surface area contributed by atoms with Crippen LogP contribution in [-0.2, 0) is 6.61 Å². The van der Waals surface area contributed by atoms with E-state index in [2.05, 4.69) is 32.4 Å². The Kier molecular flexibility index (Phi) is 8.31. The molecule has 9 nitrogen and oxygen atoms in total. The number of nitrogen functional groups attached to an aromatic ring is 1. The molecule has 0 atom stereocenters. The van der Waals surface area contributed by atoms with E-state index in [1.807, 2.05) is 60.1 Å². The van der Waals surface area contributed by atoms with Crippen LogP contribution < -0.4 is 26.0 Å². The number of rotatable bonds is 9. The number of ether oxygens (including phenoxy) is 1. The van der Waals surface area contributed by atoms with E-state index in [0.717, 1.165) is 55.0 Å². The Morgan fingerprint density at radius 3 is 2.67 bits per heavy atom. The van der Waals surface area contributed by atoms with E-state index >= 15 is 0 Å². The standard InChI is InChI=1S/C31H37N7O2/c1-4-34-23-12-14-37(15-13-23)27-11-10-25(29(32)26(27)17-33-3)31(39)36-24-16-28(30-35-21(2)18-38(30)19-24)40-20-22-8-6-5-7-9-22/h5-11,16-19,23,34H,4,12-15,20,32H2,1-3H3,(H,36,39). The summed E-state index contributed by atoms with van der Waals surface area (Å²) in [5.74, 6) is 0.281. The van der Waals surface area contributed by atoms with Crippen LogP contribution in [0.1, 0.15) is 46.9 Å². The van der Waals surface area contributed by atoms with Crippen LogP contribution in [0, 0.1) is 6.92 Å². The zero-order valence-corrected chi connectivity index (χ0v) is 23.4. The molecule has 3 heterocycles. The van der Waals surface area contributed by atoms with E-state index in [9.17, 15) is 4.79 Å². The fraction of sp³-hybridized carbons (Fsp3) is 0.323. The first kappa shape index (κ1) is 27.2. The highest BCUT2D eigenvalue weighted by Gasteiger charge is 2.23. The van der Waals surface area contributed by atoms with Crippen LogP contribution in [0.4, 0.5) is 17.1 Å². The molecule has 5 rings (SSSR count). The lowest BCUT2D eigenvalue weighted by Gasteiger charge is -2.35. The second kappa shape index (κ2) is 12.2. The van der Waals surface area contributed by atoms with Gasteiger partial charge in [-0.25, -0.2) is 4.98 Å². The molecule has 4 N–H and O–H groups in total. The van der Waals surface area contributed by atoms with Gasteiger partial charge in [-0.05, 0) is 44.0 Å². The molecule has 0 unspecified atom stereocenters. The molecule has 0 saturated carbocycles. The zero-order valence-electron chi connectivity index (χ0n) is 23.4. The van der Waals surface area contributed by atoms with Crippen LogP contribution in [0.5, 0.6) is 5.75 Å². The van der Waals surface area contributed by atoms with Crippen LogP contribution in [-0.4, -0.2) is 54.2 Å². The average molecular weight is 540 g/mol. The smallest absolute Gasteiger partial charge is 0.257 e. The predicted molar refractivity (Wildman–Crippen MR) is 162 cm³/mol. The number of carbonyl (C=O) groups excluding carboxylic acids is 1. The van der Waals surface area contributed by atoms with Crippen molar-refractivity contribution < 1.29 is 9.53 Å². The molecule has 0 bridgehead atoms. The SMILES string of the molecule is CCNC1CCN(c2ccc(C(=O)Nc3cc(OCc4ccccc4)c4nc(C)cn4c3)c(N)c2C=NC)CC1. The fourth-order valence-electron chi connectivity index (χ4n) is 5.27. The highest BCUT2D eigenvalue weighted by atomic mass is 16.5. The van der Waals surface area contributed by atoms with E-state index in [1.165, 1.54) is 0 Å². The van der Waals surface area contributed by atoms with Crippen molar-refractivity contribution in [3.05, 3.63) is 83.3 Å². The third kappa shape index (κ3) is 5.94. The minimum atomic E-state index is -0.300. The third-order valence-corrected chi connectivity index (χ3v) is 7.23. The van der Waals surface area contributed by atoms with Crippen molar-refractivity contribution in [3.8, 4) is 5.75 Å². The van der Waals surface area contributed by atoms with E-state index in [4.69, 9.17) is 10.5 Å². The number of pyridine rings is 1. The van der Waals surface area contributed by atoms with Crippen LogP contribution in [0.25, 0.3) is 5.65 Å². The number of benzene rings is 2. The van der Waals surface area contributed by atoms with Gasteiger partial charge in [0, 0.05) is 62.1 Å². The molecule has 40 heavy (non-hydrogen) atoms. The molecule has 0 spiro atoms. The maximum atomic E-state index is 13.5. The number of fused-ring (bicyclic) bond motifs is 1. The van der Waals surface area contributed by atoms with Gasteiger partial charge in [0.25, 0.3) is 5.91 Å². The Labute approximate surface area is 235 Å². The molecule has 2 aromatic heterocycles. The van der Waals surface area contributed by atoms with Crippen molar-refractivity contribution in [2.24, 2.45) is 4.99 Å². The number of hydrogen-bond acceptors (Lipinski definition) is 7. The second-order valence-electron chi connectivity index (χ2n) is 10.1. The number of hydrogen-bond donors (Lipinski definition) is 3. The van der Waals surface area contributed by atoms with Crippen LogP contribution in [0.3, 0.4) is 0 Å². The van der Waals surface area contributed by atoms with Crippen molar-refractivity contribution in [1.29, 1.82) is 0 Å². The highest BCUT2D eigenvalue weighted by Crippen LogP contribution is 2.31. The van der Waals surface area contributed by atoms with Gasteiger partial charge in [-0.15, -0.1) is 0 Å². The van der Waals surface area contributed by atoms with Gasteiger partial charge in [-0.3, -0.25) is 9.79 Å². The van der Waals surface area contributed by atoms with Crippen LogP contribution >= 0.6 is 0 Å². The van der Waals surface area contributed by atoms with Crippen molar-refractivity contribution in [3.63, 3.8) is 0 Å². The monoisotopic (exact) mass is 539 g/mol. The first-order valence-electron chi connectivity index (χ1n) is 13.8. The van der Waals surface area contributed by atoms with Crippen molar-refractivity contribution in [2.75, 3.05) is 42.6 Å². The van der Waals surface area contributed by atoms with E-state index < -0.39 is 0 Å². The molecule has 9 heteroatoms. The summed E-state index contributed by atoms with van der Waals surface area (Å²) in [7, 11) is 1.71. The Morgan fingerprint density at radius 1 is 1.18 bits per heavy atom. The molecule has 1 saturated heterocycles. The van der Waals surface area contributed by atoms with Gasteiger partial charge >= 0.3 is 0 Å². The number of aromatic nitrogens is 2. The largest absolute Gasteiger partial charge is 0.485 e. The molecule has 208 valence electrons. The Hall–Kier alpha value is -4.37. The first-order chi connectivity index (χ1) is 19.5. The van der Waals surface area contributed by atoms with Gasteiger partial charge < -0.3 is 30.4 Å². The summed E-state index contributed by atoms with van der Waals surface area (Å²) in [6.45, 7) is 7.27. The maximum absolute atomic E-state index is 13.5. The molecule has 1 aliphatic heterocycles. The summed E-state index contributed by atoms with van der Waals surface area (Å²) in [4.78, 5) is 24.7. The van der Waals surface area contributed by atoms with Gasteiger partial charge in [0.1, 0.15) is 6.61 Å². The highest BCUT2D eigenvalue weighted by molar-refractivity contribution is 6.11. The van der Waals surface area contributed by atoms with Crippen molar-refractivity contribution in [1.82, 2.24) is 14.7 Å². The van der Waals surface area contributed by atoms with E-state index in [0.29, 0.717) is 41.0 Å². The molecule has 1 aliphatic rings. The summed E-state index contributed by atoms with van der Waals surface area (Å²) >= 11 is 0. The molecular weight excluding hydrogens is 502 g/mol. The predicted octanol–water partition coefficient (Wildman–Crippen LogP) is 4.68. The minimum absolute atomic E-state index is 0.300. The summed E-state index contributed by atoms with van der Waals surface area (Å²) in [6, 6.07) is 16.1. The lowest BCUT2D eigenvalue weighted by molar-refractivity contribution is 0.102. The van der Waals surface area contributed by atoms with Crippen LogP contribution in [0.2, 0.25) is 0 Å². The number of amides is 1. The fourth-order valence-corrected chi connectivity index (χ4v) is 5.27. The number of nitrogens with zero attached hydrogens (tertiary/aromatic N) is 4. The number of nitrogens with one attached hydrogen (secondary N) is 2. The van der Waals surface area contributed by atoms with Crippen LogP contribution in [0.15, 0.2) is 65.9 Å². The normalized spacial score (nSPS) is 14.2. The molecule has 1 amide bonds. The summed E-state index contributed by atoms with van der Waals surface area (Å²) in [5.41, 5.74) is 12.4. The summed E-state index contributed by atoms with van der Waals surface area (Å²) < 4.78 is 8.01. The van der Waals surface area contributed by atoms with Crippen molar-refractivity contribution >= 4 is 34.8 Å². The van der Waals surface area contributed by atoms with Gasteiger partial charge in [-0.1, -0.05) is 37.3 Å². The Bertz CT molecular complexity index is 1510. The number of anilines is 3. The number of piperidine rings is 1. The van der Waals surface area contributed by atoms with E-state index in [-0.39, 0.29) is 5.91 Å². The molecule has 1 fully saturated rings.